The van der Waals surface area contributed by atoms with E-state index in [1.54, 1.807) is 29.3 Å². The molecule has 0 radical (unpaired) electrons. The number of ether oxygens (including phenoxy) is 1. The van der Waals surface area contributed by atoms with Crippen molar-refractivity contribution < 1.29 is 18.8 Å². The van der Waals surface area contributed by atoms with Crippen LogP contribution in [-0.2, 0) is 16.0 Å². The van der Waals surface area contributed by atoms with Crippen LogP contribution in [0.25, 0.3) is 11.3 Å². The first-order chi connectivity index (χ1) is 16.6. The van der Waals surface area contributed by atoms with Gasteiger partial charge in [-0.25, -0.2) is 0 Å². The SMILES string of the molecule is O=C(CCN(CC1CCCO1)C(=O)c1cc(-c2ccccc2Cl)on1)NCCc1ccccn1. The third-order valence-corrected chi connectivity index (χ3v) is 5.97. The maximum Gasteiger partial charge on any atom is 0.276 e. The van der Waals surface area contributed by atoms with Crippen molar-refractivity contribution in [3.63, 3.8) is 0 Å². The first-order valence-corrected chi connectivity index (χ1v) is 11.8. The number of pyridine rings is 1. The standard InChI is InChI=1S/C25H27ClN4O4/c26-21-9-2-1-8-20(21)23-16-22(29-34-23)25(32)30(17-19-7-5-15-33-19)14-11-24(31)28-13-10-18-6-3-4-12-27-18/h1-4,6,8-9,12,16,19H,5,7,10-11,13-15,17H2,(H,28,31). The van der Waals surface area contributed by atoms with Gasteiger partial charge in [-0.1, -0.05) is 35.0 Å². The lowest BCUT2D eigenvalue weighted by Crippen LogP contribution is -2.40. The zero-order valence-electron chi connectivity index (χ0n) is 18.8. The van der Waals surface area contributed by atoms with E-state index >= 15 is 0 Å². The fourth-order valence-electron chi connectivity index (χ4n) is 3.84. The summed E-state index contributed by atoms with van der Waals surface area (Å²) in [5.74, 6) is -0.0184. The fourth-order valence-corrected chi connectivity index (χ4v) is 4.07. The number of carbonyl (C=O) groups excluding carboxylic acids is 2. The highest BCUT2D eigenvalue weighted by molar-refractivity contribution is 6.33. The Morgan fingerprint density at radius 1 is 1.18 bits per heavy atom. The van der Waals surface area contributed by atoms with Crippen LogP contribution in [0.4, 0.5) is 0 Å². The Bertz CT molecular complexity index is 1100. The molecule has 1 atom stereocenters. The predicted molar refractivity (Wildman–Crippen MR) is 127 cm³/mol. The molecule has 1 aliphatic heterocycles. The number of nitrogens with one attached hydrogen (secondary N) is 1. The molecule has 8 nitrogen and oxygen atoms in total. The minimum Gasteiger partial charge on any atom is -0.376 e. The van der Waals surface area contributed by atoms with Crippen molar-refractivity contribution in [2.45, 2.75) is 31.8 Å². The molecule has 2 aromatic heterocycles. The molecule has 0 spiro atoms. The van der Waals surface area contributed by atoms with Gasteiger partial charge < -0.3 is 19.5 Å². The zero-order valence-corrected chi connectivity index (χ0v) is 19.5. The van der Waals surface area contributed by atoms with E-state index in [1.807, 2.05) is 30.3 Å². The summed E-state index contributed by atoms with van der Waals surface area (Å²) in [6.45, 7) is 1.82. The van der Waals surface area contributed by atoms with Crippen LogP contribution < -0.4 is 5.32 Å². The van der Waals surface area contributed by atoms with Crippen LogP contribution in [-0.4, -0.2) is 59.2 Å². The average molecular weight is 483 g/mol. The molecule has 34 heavy (non-hydrogen) atoms. The molecule has 0 bridgehead atoms. The minimum absolute atomic E-state index is 0.0499. The number of hydrogen-bond acceptors (Lipinski definition) is 6. The highest BCUT2D eigenvalue weighted by Gasteiger charge is 2.26. The molecule has 4 rings (SSSR count). The third-order valence-electron chi connectivity index (χ3n) is 5.64. The van der Waals surface area contributed by atoms with Crippen molar-refractivity contribution in [2.75, 3.05) is 26.2 Å². The van der Waals surface area contributed by atoms with Gasteiger partial charge in [0.15, 0.2) is 11.5 Å². The van der Waals surface area contributed by atoms with Gasteiger partial charge in [0.25, 0.3) is 5.91 Å². The minimum atomic E-state index is -0.307. The lowest BCUT2D eigenvalue weighted by atomic mass is 10.1. The van der Waals surface area contributed by atoms with Crippen molar-refractivity contribution in [2.24, 2.45) is 0 Å². The van der Waals surface area contributed by atoms with E-state index in [0.29, 0.717) is 42.5 Å². The van der Waals surface area contributed by atoms with E-state index in [9.17, 15) is 9.59 Å². The van der Waals surface area contributed by atoms with Crippen LogP contribution in [0.15, 0.2) is 59.3 Å². The van der Waals surface area contributed by atoms with Crippen LogP contribution in [0.1, 0.15) is 35.4 Å². The summed E-state index contributed by atoms with van der Waals surface area (Å²) in [4.78, 5) is 31.5. The fraction of sp³-hybridized carbons (Fsp3) is 0.360. The maximum atomic E-state index is 13.2. The number of benzene rings is 1. The van der Waals surface area contributed by atoms with Gasteiger partial charge in [-0.15, -0.1) is 0 Å². The summed E-state index contributed by atoms with van der Waals surface area (Å²) in [5.41, 5.74) is 1.75. The highest BCUT2D eigenvalue weighted by Crippen LogP contribution is 2.28. The van der Waals surface area contributed by atoms with E-state index in [0.717, 1.165) is 18.5 Å². The molecular weight excluding hydrogens is 456 g/mol. The maximum absolute atomic E-state index is 13.2. The smallest absolute Gasteiger partial charge is 0.276 e. The van der Waals surface area contributed by atoms with Gasteiger partial charge in [-0.3, -0.25) is 14.6 Å². The summed E-state index contributed by atoms with van der Waals surface area (Å²) in [5, 5.41) is 7.37. The van der Waals surface area contributed by atoms with Crippen LogP contribution in [0.2, 0.25) is 5.02 Å². The number of carbonyl (C=O) groups is 2. The first kappa shape index (κ1) is 23.9. The number of amides is 2. The molecule has 0 saturated carbocycles. The molecule has 1 fully saturated rings. The van der Waals surface area contributed by atoms with Crippen LogP contribution in [0.5, 0.6) is 0 Å². The topological polar surface area (TPSA) is 97.6 Å². The third kappa shape index (κ3) is 6.42. The summed E-state index contributed by atoms with van der Waals surface area (Å²) in [6, 6.07) is 14.5. The van der Waals surface area contributed by atoms with Gasteiger partial charge in [-0.2, -0.15) is 0 Å². The van der Waals surface area contributed by atoms with Crippen molar-refractivity contribution >= 4 is 23.4 Å². The van der Waals surface area contributed by atoms with E-state index in [1.165, 1.54) is 0 Å². The van der Waals surface area contributed by atoms with Gasteiger partial charge in [0.1, 0.15) is 0 Å². The summed E-state index contributed by atoms with van der Waals surface area (Å²) < 4.78 is 11.1. The van der Waals surface area contributed by atoms with Crippen molar-refractivity contribution in [1.29, 1.82) is 0 Å². The number of rotatable bonds is 10. The van der Waals surface area contributed by atoms with Crippen LogP contribution >= 0.6 is 11.6 Å². The van der Waals surface area contributed by atoms with Gasteiger partial charge in [-0.05, 0) is 37.1 Å². The number of hydrogen-bond donors (Lipinski definition) is 1. The lowest BCUT2D eigenvalue weighted by Gasteiger charge is -2.24. The molecule has 1 aliphatic rings. The molecule has 9 heteroatoms. The van der Waals surface area contributed by atoms with Crippen molar-refractivity contribution in [3.8, 4) is 11.3 Å². The monoisotopic (exact) mass is 482 g/mol. The summed E-state index contributed by atoms with van der Waals surface area (Å²) in [7, 11) is 0. The second-order valence-electron chi connectivity index (χ2n) is 8.11. The Balaban J connectivity index is 1.37. The molecule has 178 valence electrons. The Labute approximate surface area is 203 Å². The Morgan fingerprint density at radius 3 is 2.79 bits per heavy atom. The molecular formula is C25H27ClN4O4. The molecule has 1 aromatic carbocycles. The first-order valence-electron chi connectivity index (χ1n) is 11.4. The van der Waals surface area contributed by atoms with Crippen molar-refractivity contribution in [1.82, 2.24) is 20.4 Å². The van der Waals surface area contributed by atoms with E-state index in [-0.39, 0.29) is 36.6 Å². The molecule has 1 saturated heterocycles. The van der Waals surface area contributed by atoms with Gasteiger partial charge >= 0.3 is 0 Å². The predicted octanol–water partition coefficient (Wildman–Crippen LogP) is 3.76. The Morgan fingerprint density at radius 2 is 2.03 bits per heavy atom. The van der Waals surface area contributed by atoms with Gasteiger partial charge in [0.2, 0.25) is 5.91 Å². The normalized spacial score (nSPS) is 15.3. The van der Waals surface area contributed by atoms with Crippen LogP contribution in [0.3, 0.4) is 0 Å². The summed E-state index contributed by atoms with van der Waals surface area (Å²) >= 11 is 6.24. The van der Waals surface area contributed by atoms with Gasteiger partial charge in [0, 0.05) is 62.6 Å². The molecule has 1 N–H and O–H groups in total. The molecule has 2 amide bonds. The van der Waals surface area contributed by atoms with Crippen LogP contribution in [0, 0.1) is 0 Å². The lowest BCUT2D eigenvalue weighted by molar-refractivity contribution is -0.121. The number of halogens is 1. The zero-order chi connectivity index (χ0) is 23.8. The quantitative estimate of drug-likeness (QED) is 0.472. The number of nitrogens with zero attached hydrogens (tertiary/aromatic N) is 3. The molecule has 3 aromatic rings. The van der Waals surface area contributed by atoms with E-state index in [2.05, 4.69) is 15.5 Å². The molecule has 0 aliphatic carbocycles. The average Bonchev–Trinajstić information content (AvgIpc) is 3.55. The molecule has 3 heterocycles. The second kappa shape index (κ2) is 11.8. The Hall–Kier alpha value is -3.23. The molecule has 1 unspecified atom stereocenters. The van der Waals surface area contributed by atoms with E-state index < -0.39 is 0 Å². The largest absolute Gasteiger partial charge is 0.376 e. The highest BCUT2D eigenvalue weighted by atomic mass is 35.5. The summed E-state index contributed by atoms with van der Waals surface area (Å²) in [6.07, 6.45) is 4.34. The second-order valence-corrected chi connectivity index (χ2v) is 8.52. The van der Waals surface area contributed by atoms with Gasteiger partial charge in [0.05, 0.1) is 11.1 Å². The number of aromatic nitrogens is 2. The van der Waals surface area contributed by atoms with Crippen molar-refractivity contribution in [3.05, 3.63) is 71.1 Å². The van der Waals surface area contributed by atoms with E-state index in [4.69, 9.17) is 20.9 Å². The Kier molecular flexibility index (Phi) is 8.27.